The van der Waals surface area contributed by atoms with Crippen LogP contribution in [0.25, 0.3) is 0 Å². The van der Waals surface area contributed by atoms with Crippen molar-refractivity contribution < 1.29 is 14.3 Å². The second-order valence-corrected chi connectivity index (χ2v) is 4.47. The predicted molar refractivity (Wildman–Crippen MR) is 67.3 cm³/mol. The van der Waals surface area contributed by atoms with Crippen LogP contribution in [0.4, 0.5) is 0 Å². The summed E-state index contributed by atoms with van der Waals surface area (Å²) in [5, 5.41) is 0. The fourth-order valence-corrected chi connectivity index (χ4v) is 1.64. The second-order valence-electron chi connectivity index (χ2n) is 3.06. The first-order valence-corrected chi connectivity index (χ1v) is 6.05. The molecular weight excluding hydrogens is 295 g/mol. The molecule has 0 spiro atoms. The number of Topliss-reactive ketones (excluding diaryl/α,β-unsaturated/α-hetero) is 1. The van der Waals surface area contributed by atoms with Gasteiger partial charge in [0.1, 0.15) is 0 Å². The van der Waals surface area contributed by atoms with Gasteiger partial charge in [-0.15, -0.1) is 11.6 Å². The van der Waals surface area contributed by atoms with Crippen molar-refractivity contribution in [2.45, 2.75) is 4.83 Å². The molecule has 1 rings (SSSR count). The van der Waals surface area contributed by atoms with Crippen molar-refractivity contribution in [3.63, 3.8) is 0 Å². The number of methoxy groups -OCH3 is 2. The van der Waals surface area contributed by atoms with Crippen LogP contribution >= 0.6 is 27.5 Å². The van der Waals surface area contributed by atoms with E-state index in [1.807, 2.05) is 0 Å². The Kier molecular flexibility index (Phi) is 5.09. The molecule has 0 N–H and O–H groups in total. The summed E-state index contributed by atoms with van der Waals surface area (Å²) in [6, 6.07) is 5.02. The van der Waals surface area contributed by atoms with E-state index in [1.54, 1.807) is 25.3 Å². The Morgan fingerprint density at radius 2 is 2.00 bits per heavy atom. The maximum atomic E-state index is 11.8. The Bertz CT molecular complexity index is 381. The van der Waals surface area contributed by atoms with Gasteiger partial charge >= 0.3 is 0 Å². The van der Waals surface area contributed by atoms with Crippen molar-refractivity contribution in [3.05, 3.63) is 23.8 Å². The standard InChI is InChI=1S/C11H12BrClO3/c1-15-9-4-3-7(5-10(9)16-2)11(14)8(12)6-13/h3-5,8H,6H2,1-2H3. The molecule has 88 valence electrons. The van der Waals surface area contributed by atoms with E-state index in [1.165, 1.54) is 7.11 Å². The quantitative estimate of drug-likeness (QED) is 0.620. The van der Waals surface area contributed by atoms with Crippen molar-refractivity contribution in [2.75, 3.05) is 20.1 Å². The fourth-order valence-electron chi connectivity index (χ4n) is 1.24. The van der Waals surface area contributed by atoms with Crippen LogP contribution in [-0.2, 0) is 0 Å². The van der Waals surface area contributed by atoms with Crippen LogP contribution in [0.2, 0.25) is 0 Å². The molecule has 0 aliphatic heterocycles. The third-order valence-electron chi connectivity index (χ3n) is 2.09. The number of benzene rings is 1. The number of ether oxygens (including phenoxy) is 2. The summed E-state index contributed by atoms with van der Waals surface area (Å²) in [6.45, 7) is 0. The molecule has 0 amide bonds. The van der Waals surface area contributed by atoms with E-state index in [4.69, 9.17) is 21.1 Å². The summed E-state index contributed by atoms with van der Waals surface area (Å²) >= 11 is 8.81. The van der Waals surface area contributed by atoms with E-state index in [-0.39, 0.29) is 16.5 Å². The van der Waals surface area contributed by atoms with Crippen molar-refractivity contribution in [1.29, 1.82) is 0 Å². The molecule has 3 nitrogen and oxygen atoms in total. The van der Waals surface area contributed by atoms with Crippen molar-refractivity contribution in [3.8, 4) is 11.5 Å². The summed E-state index contributed by atoms with van der Waals surface area (Å²) in [4.78, 5) is 11.4. The molecule has 0 bridgehead atoms. The third-order valence-corrected chi connectivity index (χ3v) is 3.51. The van der Waals surface area contributed by atoms with Crippen LogP contribution in [0.1, 0.15) is 10.4 Å². The van der Waals surface area contributed by atoms with E-state index in [0.717, 1.165) is 0 Å². The minimum atomic E-state index is -0.382. The largest absolute Gasteiger partial charge is 0.493 e. The normalized spacial score (nSPS) is 12.0. The lowest BCUT2D eigenvalue weighted by Crippen LogP contribution is -2.15. The smallest absolute Gasteiger partial charge is 0.177 e. The molecule has 0 aliphatic carbocycles. The van der Waals surface area contributed by atoms with Crippen LogP contribution < -0.4 is 9.47 Å². The van der Waals surface area contributed by atoms with Crippen molar-refractivity contribution in [2.24, 2.45) is 0 Å². The third kappa shape index (κ3) is 2.89. The predicted octanol–water partition coefficient (Wildman–Crippen LogP) is 2.89. The van der Waals surface area contributed by atoms with Gasteiger partial charge in [0.15, 0.2) is 17.3 Å². The first kappa shape index (κ1) is 13.3. The lowest BCUT2D eigenvalue weighted by molar-refractivity contribution is 0.0996. The van der Waals surface area contributed by atoms with Gasteiger partial charge in [-0.05, 0) is 18.2 Å². The molecule has 5 heteroatoms. The average molecular weight is 308 g/mol. The molecule has 0 fully saturated rings. The van der Waals surface area contributed by atoms with Crippen molar-refractivity contribution in [1.82, 2.24) is 0 Å². The number of halogens is 2. The summed E-state index contributed by atoms with van der Waals surface area (Å²) in [6.07, 6.45) is 0. The highest BCUT2D eigenvalue weighted by Crippen LogP contribution is 2.28. The zero-order chi connectivity index (χ0) is 12.1. The molecule has 1 atom stereocenters. The number of alkyl halides is 2. The molecule has 0 aliphatic rings. The van der Waals surface area contributed by atoms with Gasteiger partial charge in [-0.2, -0.15) is 0 Å². The molecular formula is C11H12BrClO3. The number of hydrogen-bond donors (Lipinski definition) is 0. The summed E-state index contributed by atoms with van der Waals surface area (Å²) in [7, 11) is 3.07. The molecule has 1 aromatic rings. The summed E-state index contributed by atoms with van der Waals surface area (Å²) < 4.78 is 10.2. The molecule has 16 heavy (non-hydrogen) atoms. The number of rotatable bonds is 5. The van der Waals surface area contributed by atoms with Gasteiger partial charge in [-0.25, -0.2) is 0 Å². The minimum Gasteiger partial charge on any atom is -0.493 e. The van der Waals surface area contributed by atoms with E-state index in [9.17, 15) is 4.79 Å². The van der Waals surface area contributed by atoms with Crippen LogP contribution in [0.15, 0.2) is 18.2 Å². The number of hydrogen-bond acceptors (Lipinski definition) is 3. The van der Waals surface area contributed by atoms with E-state index in [2.05, 4.69) is 15.9 Å². The molecule has 0 saturated carbocycles. The first-order chi connectivity index (χ1) is 7.63. The van der Waals surface area contributed by atoms with Crippen LogP contribution in [-0.4, -0.2) is 30.7 Å². The van der Waals surface area contributed by atoms with Crippen molar-refractivity contribution >= 4 is 33.3 Å². The number of ketones is 1. The van der Waals surface area contributed by atoms with E-state index in [0.29, 0.717) is 17.1 Å². The Morgan fingerprint density at radius 1 is 1.38 bits per heavy atom. The summed E-state index contributed by atoms with van der Waals surface area (Å²) in [5.41, 5.74) is 0.542. The Morgan fingerprint density at radius 3 is 2.50 bits per heavy atom. The molecule has 1 unspecified atom stereocenters. The van der Waals surface area contributed by atoms with Crippen LogP contribution in [0, 0.1) is 0 Å². The SMILES string of the molecule is COc1ccc(C(=O)C(Br)CCl)cc1OC. The Balaban J connectivity index is 3.03. The van der Waals surface area contributed by atoms with Gasteiger partial charge in [0.05, 0.1) is 19.0 Å². The fraction of sp³-hybridized carbons (Fsp3) is 0.364. The lowest BCUT2D eigenvalue weighted by Gasteiger charge is -2.10. The van der Waals surface area contributed by atoms with Gasteiger partial charge in [-0.3, -0.25) is 4.79 Å². The zero-order valence-electron chi connectivity index (χ0n) is 9.00. The molecule has 0 heterocycles. The van der Waals surface area contributed by atoms with E-state index < -0.39 is 0 Å². The van der Waals surface area contributed by atoms with Gasteiger partial charge in [0.25, 0.3) is 0 Å². The first-order valence-electron chi connectivity index (χ1n) is 4.60. The highest BCUT2D eigenvalue weighted by Gasteiger charge is 2.17. The average Bonchev–Trinajstić information content (AvgIpc) is 2.35. The molecule has 0 saturated heterocycles. The highest BCUT2D eigenvalue weighted by molar-refractivity contribution is 9.10. The maximum Gasteiger partial charge on any atom is 0.177 e. The van der Waals surface area contributed by atoms with Gasteiger partial charge in [0.2, 0.25) is 0 Å². The minimum absolute atomic E-state index is 0.0732. The van der Waals surface area contributed by atoms with Gasteiger partial charge < -0.3 is 9.47 Å². The summed E-state index contributed by atoms with van der Waals surface area (Å²) in [5.74, 6) is 1.28. The number of carbonyl (C=O) groups is 1. The molecule has 0 radical (unpaired) electrons. The van der Waals surface area contributed by atoms with E-state index >= 15 is 0 Å². The second kappa shape index (κ2) is 6.11. The monoisotopic (exact) mass is 306 g/mol. The highest BCUT2D eigenvalue weighted by atomic mass is 79.9. The molecule has 0 aromatic heterocycles. The van der Waals surface area contributed by atoms with Gasteiger partial charge in [-0.1, -0.05) is 15.9 Å². The lowest BCUT2D eigenvalue weighted by atomic mass is 10.1. The number of carbonyl (C=O) groups excluding carboxylic acids is 1. The van der Waals surface area contributed by atoms with Crippen LogP contribution in [0.3, 0.4) is 0 Å². The topological polar surface area (TPSA) is 35.5 Å². The zero-order valence-corrected chi connectivity index (χ0v) is 11.3. The Hall–Kier alpha value is -0.740. The molecule has 1 aromatic carbocycles. The van der Waals surface area contributed by atoms with Gasteiger partial charge in [0, 0.05) is 11.4 Å². The Labute approximate surface area is 108 Å². The van der Waals surface area contributed by atoms with Crippen LogP contribution in [0.5, 0.6) is 11.5 Å². The maximum absolute atomic E-state index is 11.8.